The Hall–Kier alpha value is -1.76. The first-order valence-electron chi connectivity index (χ1n) is 8.15. The molecule has 0 spiro atoms. The van der Waals surface area contributed by atoms with E-state index >= 15 is 0 Å². The van der Waals surface area contributed by atoms with Crippen LogP contribution in [0.1, 0.15) is 35.7 Å². The van der Waals surface area contributed by atoms with Crippen LogP contribution in [0.3, 0.4) is 0 Å². The highest BCUT2D eigenvalue weighted by molar-refractivity contribution is 7.17. The predicted octanol–water partition coefficient (Wildman–Crippen LogP) is 4.00. The topological polar surface area (TPSA) is 46.3 Å². The van der Waals surface area contributed by atoms with E-state index < -0.39 is 0 Å². The van der Waals surface area contributed by atoms with E-state index in [2.05, 4.69) is 20.2 Å². The van der Waals surface area contributed by atoms with E-state index in [0.717, 1.165) is 46.0 Å². The summed E-state index contributed by atoms with van der Waals surface area (Å²) in [7, 11) is 0. The van der Waals surface area contributed by atoms with Gasteiger partial charge in [-0.1, -0.05) is 47.6 Å². The van der Waals surface area contributed by atoms with Crippen molar-refractivity contribution in [3.05, 3.63) is 45.7 Å². The van der Waals surface area contributed by atoms with E-state index in [1.807, 2.05) is 40.9 Å². The van der Waals surface area contributed by atoms with E-state index in [9.17, 15) is 0 Å². The van der Waals surface area contributed by atoms with E-state index in [1.54, 1.807) is 11.3 Å². The molecule has 1 aliphatic heterocycles. The molecule has 7 heteroatoms. The smallest absolute Gasteiger partial charge is 0.235 e. The second-order valence-electron chi connectivity index (χ2n) is 5.97. The molecule has 4 rings (SSSR count). The van der Waals surface area contributed by atoms with Gasteiger partial charge in [0, 0.05) is 5.02 Å². The van der Waals surface area contributed by atoms with Crippen molar-refractivity contribution in [2.75, 3.05) is 13.1 Å². The molecule has 3 heterocycles. The molecule has 1 aromatic carbocycles. The molecule has 0 amide bonds. The molecule has 1 aliphatic rings. The van der Waals surface area contributed by atoms with E-state index in [4.69, 9.17) is 11.6 Å². The summed E-state index contributed by atoms with van der Waals surface area (Å²) in [5.41, 5.74) is 1.10. The summed E-state index contributed by atoms with van der Waals surface area (Å²) in [4.78, 5) is 3.28. The Morgan fingerprint density at radius 2 is 1.83 bits per heavy atom. The first-order valence-corrected chi connectivity index (χ1v) is 9.34. The SMILES string of the molecule is Clc1ccc(/C=C\c2nn3c(CN4CCCCC4)nnc3s2)cc1. The largest absolute Gasteiger partial charge is 0.296 e. The Kier molecular flexibility index (Phi) is 4.60. The van der Waals surface area contributed by atoms with E-state index in [0.29, 0.717) is 0 Å². The van der Waals surface area contributed by atoms with Crippen LogP contribution < -0.4 is 0 Å². The lowest BCUT2D eigenvalue weighted by molar-refractivity contribution is 0.214. The molecule has 24 heavy (non-hydrogen) atoms. The zero-order chi connectivity index (χ0) is 16.4. The summed E-state index contributed by atoms with van der Waals surface area (Å²) in [5, 5.41) is 14.9. The molecule has 3 aromatic rings. The van der Waals surface area contributed by atoms with Crippen molar-refractivity contribution in [3.63, 3.8) is 0 Å². The Bertz CT molecular complexity index is 846. The van der Waals surface area contributed by atoms with E-state index in [-0.39, 0.29) is 0 Å². The average Bonchev–Trinajstić information content (AvgIpc) is 3.17. The number of halogens is 1. The molecule has 1 fully saturated rings. The highest BCUT2D eigenvalue weighted by Gasteiger charge is 2.16. The molecule has 2 aromatic heterocycles. The first-order chi connectivity index (χ1) is 11.8. The number of hydrogen-bond acceptors (Lipinski definition) is 5. The van der Waals surface area contributed by atoms with Crippen LogP contribution in [0.15, 0.2) is 24.3 Å². The second-order valence-corrected chi connectivity index (χ2v) is 7.40. The number of nitrogens with zero attached hydrogens (tertiary/aromatic N) is 5. The van der Waals surface area contributed by atoms with Crippen LogP contribution in [-0.2, 0) is 6.54 Å². The minimum absolute atomic E-state index is 0.744. The summed E-state index contributed by atoms with van der Waals surface area (Å²) in [5.74, 6) is 0.925. The number of benzene rings is 1. The molecule has 124 valence electrons. The molecular formula is C17H18ClN5S. The van der Waals surface area contributed by atoms with Crippen LogP contribution in [0.5, 0.6) is 0 Å². The number of aromatic nitrogens is 4. The van der Waals surface area contributed by atoms with Gasteiger partial charge in [0.1, 0.15) is 5.01 Å². The lowest BCUT2D eigenvalue weighted by Crippen LogP contribution is -2.30. The van der Waals surface area contributed by atoms with Gasteiger partial charge in [-0.25, -0.2) is 0 Å². The zero-order valence-corrected chi connectivity index (χ0v) is 14.8. The summed E-state index contributed by atoms with van der Waals surface area (Å²) in [6.45, 7) is 3.11. The minimum atomic E-state index is 0.744. The van der Waals surface area contributed by atoms with Crippen LogP contribution in [0, 0.1) is 0 Å². The first kappa shape index (κ1) is 15.7. The Morgan fingerprint density at radius 3 is 2.62 bits per heavy atom. The fraction of sp³-hybridized carbons (Fsp3) is 0.353. The Labute approximate surface area is 149 Å². The normalized spacial score (nSPS) is 16.4. The number of fused-ring (bicyclic) bond motifs is 1. The van der Waals surface area contributed by atoms with Gasteiger partial charge in [-0.15, -0.1) is 10.2 Å². The summed E-state index contributed by atoms with van der Waals surface area (Å²) < 4.78 is 1.88. The maximum Gasteiger partial charge on any atom is 0.235 e. The lowest BCUT2D eigenvalue weighted by Gasteiger charge is -2.25. The number of rotatable bonds is 4. The molecule has 0 unspecified atom stereocenters. The monoisotopic (exact) mass is 359 g/mol. The third-order valence-corrected chi connectivity index (χ3v) is 5.29. The predicted molar refractivity (Wildman–Crippen MR) is 98.2 cm³/mol. The van der Waals surface area contributed by atoms with Gasteiger partial charge in [0.2, 0.25) is 4.96 Å². The van der Waals surface area contributed by atoms with Crippen LogP contribution >= 0.6 is 22.9 Å². The second kappa shape index (κ2) is 7.01. The Morgan fingerprint density at radius 1 is 1.04 bits per heavy atom. The summed E-state index contributed by atoms with van der Waals surface area (Å²) in [6, 6.07) is 7.74. The third-order valence-electron chi connectivity index (χ3n) is 4.17. The highest BCUT2D eigenvalue weighted by Crippen LogP contribution is 2.19. The van der Waals surface area contributed by atoms with Gasteiger partial charge >= 0.3 is 0 Å². The standard InChI is InChI=1S/C17H18ClN5S/c18-14-7-4-13(5-8-14)6-9-16-21-23-15(19-20-17(23)24-16)12-22-10-2-1-3-11-22/h4-9H,1-3,10-12H2/b9-6-. The maximum absolute atomic E-state index is 5.91. The van der Waals surface area contributed by atoms with Crippen molar-refractivity contribution < 1.29 is 0 Å². The van der Waals surface area contributed by atoms with Crippen molar-refractivity contribution in [1.82, 2.24) is 24.7 Å². The molecule has 0 N–H and O–H groups in total. The van der Waals surface area contributed by atoms with Crippen LogP contribution in [0.25, 0.3) is 17.1 Å². The fourth-order valence-corrected chi connectivity index (χ4v) is 3.78. The number of likely N-dealkylation sites (tertiary alicyclic amines) is 1. The van der Waals surface area contributed by atoms with Crippen molar-refractivity contribution in [3.8, 4) is 0 Å². The van der Waals surface area contributed by atoms with Gasteiger partial charge in [-0.3, -0.25) is 4.90 Å². The van der Waals surface area contributed by atoms with Gasteiger partial charge in [0.25, 0.3) is 0 Å². The molecule has 0 saturated carbocycles. The molecule has 0 atom stereocenters. The summed E-state index contributed by atoms with van der Waals surface area (Å²) >= 11 is 7.46. The van der Waals surface area contributed by atoms with Crippen molar-refractivity contribution >= 4 is 40.1 Å². The third kappa shape index (κ3) is 3.50. The van der Waals surface area contributed by atoms with Crippen LogP contribution in [-0.4, -0.2) is 37.8 Å². The van der Waals surface area contributed by atoms with Gasteiger partial charge in [0.05, 0.1) is 6.54 Å². The van der Waals surface area contributed by atoms with Crippen LogP contribution in [0.4, 0.5) is 0 Å². The van der Waals surface area contributed by atoms with Crippen molar-refractivity contribution in [2.24, 2.45) is 0 Å². The van der Waals surface area contributed by atoms with Crippen LogP contribution in [0.2, 0.25) is 5.02 Å². The van der Waals surface area contributed by atoms with Gasteiger partial charge in [0.15, 0.2) is 5.82 Å². The average molecular weight is 360 g/mol. The maximum atomic E-state index is 5.91. The quantitative estimate of drug-likeness (QED) is 0.706. The van der Waals surface area contributed by atoms with Gasteiger partial charge in [-0.2, -0.15) is 9.61 Å². The molecular weight excluding hydrogens is 342 g/mol. The molecule has 0 aliphatic carbocycles. The zero-order valence-electron chi connectivity index (χ0n) is 13.2. The van der Waals surface area contributed by atoms with Crippen molar-refractivity contribution in [1.29, 1.82) is 0 Å². The molecule has 5 nitrogen and oxygen atoms in total. The Balaban J connectivity index is 1.51. The van der Waals surface area contributed by atoms with E-state index in [1.165, 1.54) is 19.3 Å². The summed E-state index contributed by atoms with van der Waals surface area (Å²) in [6.07, 6.45) is 7.92. The number of piperidine rings is 1. The number of hydrogen-bond donors (Lipinski definition) is 0. The molecule has 1 saturated heterocycles. The fourth-order valence-electron chi connectivity index (χ4n) is 2.90. The van der Waals surface area contributed by atoms with Crippen molar-refractivity contribution in [2.45, 2.75) is 25.8 Å². The van der Waals surface area contributed by atoms with Gasteiger partial charge < -0.3 is 0 Å². The minimum Gasteiger partial charge on any atom is -0.296 e. The molecule has 0 bridgehead atoms. The van der Waals surface area contributed by atoms with Gasteiger partial charge in [-0.05, 0) is 49.7 Å². The molecule has 0 radical (unpaired) electrons. The highest BCUT2D eigenvalue weighted by atomic mass is 35.5. The lowest BCUT2D eigenvalue weighted by atomic mass is 10.1.